The molecular formula is C16H20ClFN2O2. The number of amides is 2. The molecule has 1 aromatic rings. The van der Waals surface area contributed by atoms with Crippen LogP contribution in [0.15, 0.2) is 24.3 Å². The van der Waals surface area contributed by atoms with E-state index < -0.39 is 0 Å². The summed E-state index contributed by atoms with van der Waals surface area (Å²) in [5, 5.41) is 0. The highest BCUT2D eigenvalue weighted by Gasteiger charge is 2.28. The second-order valence-electron chi connectivity index (χ2n) is 5.52. The topological polar surface area (TPSA) is 40.6 Å². The number of halogens is 2. The molecule has 0 saturated carbocycles. The van der Waals surface area contributed by atoms with Gasteiger partial charge in [0.15, 0.2) is 0 Å². The van der Waals surface area contributed by atoms with E-state index in [1.165, 1.54) is 12.1 Å². The van der Waals surface area contributed by atoms with Gasteiger partial charge in [0, 0.05) is 32.6 Å². The van der Waals surface area contributed by atoms with Gasteiger partial charge in [0.05, 0.1) is 0 Å². The molecule has 0 radical (unpaired) electrons. The van der Waals surface area contributed by atoms with Crippen molar-refractivity contribution in [3.05, 3.63) is 35.6 Å². The molecule has 2 amide bonds. The van der Waals surface area contributed by atoms with Crippen molar-refractivity contribution < 1.29 is 14.0 Å². The van der Waals surface area contributed by atoms with Gasteiger partial charge in [0.2, 0.25) is 11.8 Å². The van der Waals surface area contributed by atoms with Crippen molar-refractivity contribution in [1.82, 2.24) is 9.80 Å². The Labute approximate surface area is 134 Å². The molecule has 0 atom stereocenters. The molecule has 1 fully saturated rings. The maximum Gasteiger partial charge on any atom is 0.238 e. The molecule has 0 unspecified atom stereocenters. The fourth-order valence-electron chi connectivity index (χ4n) is 2.78. The molecule has 22 heavy (non-hydrogen) atoms. The van der Waals surface area contributed by atoms with Crippen LogP contribution in [-0.4, -0.2) is 46.6 Å². The Morgan fingerprint density at radius 2 is 1.86 bits per heavy atom. The lowest BCUT2D eigenvalue weighted by Gasteiger charge is -2.38. The highest BCUT2D eigenvalue weighted by atomic mass is 35.5. The van der Waals surface area contributed by atoms with Crippen LogP contribution >= 0.6 is 11.6 Å². The van der Waals surface area contributed by atoms with Gasteiger partial charge in [-0.25, -0.2) is 4.39 Å². The molecule has 1 saturated heterocycles. The first-order valence-electron chi connectivity index (χ1n) is 7.36. The van der Waals surface area contributed by atoms with E-state index in [2.05, 4.69) is 0 Å². The number of carbonyl (C=O) groups excluding carboxylic acids is 2. The average molecular weight is 327 g/mol. The van der Waals surface area contributed by atoms with Gasteiger partial charge in [-0.3, -0.25) is 9.59 Å². The van der Waals surface area contributed by atoms with E-state index in [9.17, 15) is 14.0 Å². The molecule has 0 N–H and O–H groups in total. The minimum atomic E-state index is -0.297. The van der Waals surface area contributed by atoms with Gasteiger partial charge in [-0.2, -0.15) is 0 Å². The number of benzene rings is 1. The summed E-state index contributed by atoms with van der Waals surface area (Å²) >= 11 is 5.72. The lowest BCUT2D eigenvalue weighted by atomic mass is 10.0. The summed E-state index contributed by atoms with van der Waals surface area (Å²) in [7, 11) is 0. The Morgan fingerprint density at radius 1 is 1.27 bits per heavy atom. The zero-order chi connectivity index (χ0) is 16.1. The third kappa shape index (κ3) is 4.19. The van der Waals surface area contributed by atoms with Crippen LogP contribution in [0.3, 0.4) is 0 Å². The van der Waals surface area contributed by atoms with E-state index in [1.54, 1.807) is 28.9 Å². The summed E-state index contributed by atoms with van der Waals surface area (Å²) in [6.45, 7) is 3.27. The minimum absolute atomic E-state index is 0.0619. The average Bonchev–Trinajstić information content (AvgIpc) is 2.53. The van der Waals surface area contributed by atoms with Crippen molar-refractivity contribution in [2.45, 2.75) is 32.4 Å². The van der Waals surface area contributed by atoms with Crippen LogP contribution in [0.25, 0.3) is 0 Å². The predicted octanol–water partition coefficient (Wildman–Crippen LogP) is 2.40. The molecule has 4 nitrogen and oxygen atoms in total. The quantitative estimate of drug-likeness (QED) is 0.797. The maximum absolute atomic E-state index is 13.0. The van der Waals surface area contributed by atoms with E-state index >= 15 is 0 Å². The Balaban J connectivity index is 2.05. The van der Waals surface area contributed by atoms with Gasteiger partial charge in [0.25, 0.3) is 0 Å². The molecule has 120 valence electrons. The van der Waals surface area contributed by atoms with Gasteiger partial charge in [-0.05, 0) is 30.5 Å². The van der Waals surface area contributed by atoms with Crippen LogP contribution < -0.4 is 0 Å². The van der Waals surface area contributed by atoms with E-state index in [-0.39, 0.29) is 29.6 Å². The molecule has 1 heterocycles. The lowest BCUT2D eigenvalue weighted by molar-refractivity contribution is -0.134. The number of piperidine rings is 1. The summed E-state index contributed by atoms with van der Waals surface area (Å²) in [5.41, 5.74) is 0.869. The van der Waals surface area contributed by atoms with Crippen molar-refractivity contribution in [2.75, 3.05) is 19.0 Å². The molecule has 0 aromatic heterocycles. The fraction of sp³-hybridized carbons (Fsp3) is 0.500. The van der Waals surface area contributed by atoms with Crippen molar-refractivity contribution in [2.24, 2.45) is 0 Å². The first-order chi connectivity index (χ1) is 10.5. The number of alkyl halides is 1. The smallest absolute Gasteiger partial charge is 0.238 e. The van der Waals surface area contributed by atoms with Crippen molar-refractivity contribution in [3.8, 4) is 0 Å². The largest absolute Gasteiger partial charge is 0.343 e. The molecule has 1 aromatic carbocycles. The third-order valence-corrected chi connectivity index (χ3v) is 4.28. The molecular weight excluding hydrogens is 307 g/mol. The number of hydrogen-bond donors (Lipinski definition) is 0. The fourth-order valence-corrected chi connectivity index (χ4v) is 2.93. The zero-order valence-corrected chi connectivity index (χ0v) is 13.4. The van der Waals surface area contributed by atoms with Crippen LogP contribution in [0.1, 0.15) is 25.3 Å². The van der Waals surface area contributed by atoms with Gasteiger partial charge in [0.1, 0.15) is 11.7 Å². The van der Waals surface area contributed by atoms with E-state index in [4.69, 9.17) is 11.6 Å². The van der Waals surface area contributed by atoms with Gasteiger partial charge in [-0.1, -0.05) is 12.1 Å². The van der Waals surface area contributed by atoms with Gasteiger partial charge < -0.3 is 9.80 Å². The van der Waals surface area contributed by atoms with Gasteiger partial charge in [-0.15, -0.1) is 11.6 Å². The Hall–Kier alpha value is -1.62. The number of hydrogen-bond acceptors (Lipinski definition) is 2. The second-order valence-corrected chi connectivity index (χ2v) is 5.79. The monoisotopic (exact) mass is 326 g/mol. The van der Waals surface area contributed by atoms with Crippen molar-refractivity contribution in [3.63, 3.8) is 0 Å². The Kier molecular flexibility index (Phi) is 5.77. The van der Waals surface area contributed by atoms with E-state index in [1.807, 2.05) is 0 Å². The molecule has 1 aliphatic heterocycles. The second kappa shape index (κ2) is 7.58. The molecule has 2 rings (SSSR count). The van der Waals surface area contributed by atoms with Crippen LogP contribution in [-0.2, 0) is 16.1 Å². The normalized spacial score (nSPS) is 15.7. The maximum atomic E-state index is 13.0. The van der Waals surface area contributed by atoms with Crippen LogP contribution in [0.4, 0.5) is 4.39 Å². The number of carbonyl (C=O) groups is 2. The first-order valence-corrected chi connectivity index (χ1v) is 7.90. The highest BCUT2D eigenvalue weighted by molar-refractivity contribution is 6.27. The zero-order valence-electron chi connectivity index (χ0n) is 12.6. The van der Waals surface area contributed by atoms with Crippen LogP contribution in [0.5, 0.6) is 0 Å². The van der Waals surface area contributed by atoms with E-state index in [0.717, 1.165) is 18.4 Å². The van der Waals surface area contributed by atoms with Gasteiger partial charge >= 0.3 is 0 Å². The standard InChI is InChI=1S/C16H20ClFN2O2/c1-12(21)19-8-6-15(7-9-19)20(16(22)10-17)11-13-2-4-14(18)5-3-13/h2-5,15H,6-11H2,1H3. The van der Waals surface area contributed by atoms with Crippen LogP contribution in [0.2, 0.25) is 0 Å². The number of likely N-dealkylation sites (tertiary alicyclic amines) is 1. The summed E-state index contributed by atoms with van der Waals surface area (Å²) in [6.07, 6.45) is 1.48. The van der Waals surface area contributed by atoms with Crippen molar-refractivity contribution in [1.29, 1.82) is 0 Å². The SMILES string of the molecule is CC(=O)N1CCC(N(Cc2ccc(F)cc2)C(=O)CCl)CC1. The Bertz CT molecular complexity index is 527. The first kappa shape index (κ1) is 16.7. The lowest BCUT2D eigenvalue weighted by Crippen LogP contribution is -2.48. The van der Waals surface area contributed by atoms with Crippen molar-refractivity contribution >= 4 is 23.4 Å². The summed E-state index contributed by atoms with van der Waals surface area (Å²) in [4.78, 5) is 27.1. The molecule has 0 bridgehead atoms. The number of nitrogens with zero attached hydrogens (tertiary/aromatic N) is 2. The summed E-state index contributed by atoms with van der Waals surface area (Å²) < 4.78 is 13.0. The molecule has 0 spiro atoms. The van der Waals surface area contributed by atoms with Crippen LogP contribution in [0, 0.1) is 5.82 Å². The molecule has 1 aliphatic rings. The summed E-state index contributed by atoms with van der Waals surface area (Å²) in [5.74, 6) is -0.443. The molecule has 6 heteroatoms. The predicted molar refractivity (Wildman–Crippen MR) is 82.9 cm³/mol. The Morgan fingerprint density at radius 3 is 2.36 bits per heavy atom. The molecule has 0 aliphatic carbocycles. The summed E-state index contributed by atoms with van der Waals surface area (Å²) in [6, 6.07) is 6.18. The number of rotatable bonds is 4. The minimum Gasteiger partial charge on any atom is -0.343 e. The third-order valence-electron chi connectivity index (χ3n) is 4.05. The van der Waals surface area contributed by atoms with E-state index in [0.29, 0.717) is 19.6 Å². The highest BCUT2D eigenvalue weighted by Crippen LogP contribution is 2.20.